The molecule has 11 heavy (non-hydrogen) atoms. The molecule has 0 bridgehead atoms. The molecule has 1 atom stereocenters. The van der Waals surface area contributed by atoms with Crippen LogP contribution in [0.25, 0.3) is 0 Å². The molecule has 1 N–H and O–H groups in total. The lowest BCUT2D eigenvalue weighted by molar-refractivity contribution is -0.178. The molecular weight excluding hydrogens is 229 g/mol. The van der Waals surface area contributed by atoms with Crippen molar-refractivity contribution in [2.75, 3.05) is 18.5 Å². The Morgan fingerprint density at radius 3 is 2.36 bits per heavy atom. The monoisotopic (exact) mass is 236 g/mol. The summed E-state index contributed by atoms with van der Waals surface area (Å²) >= 11 is 2.88. The molecule has 0 amide bonds. The number of aliphatic hydroxyl groups is 1. The number of rotatable bonds is 4. The number of aliphatic hydroxyl groups excluding tert-OH is 1. The SMILES string of the molecule is OC(CBr)COCC(F)(F)F. The van der Waals surface area contributed by atoms with Crippen molar-refractivity contribution in [2.24, 2.45) is 0 Å². The van der Waals surface area contributed by atoms with Gasteiger partial charge in [-0.3, -0.25) is 0 Å². The van der Waals surface area contributed by atoms with Crippen molar-refractivity contribution in [3.8, 4) is 0 Å². The molecule has 0 spiro atoms. The second-order valence-electron chi connectivity index (χ2n) is 1.94. The highest BCUT2D eigenvalue weighted by Gasteiger charge is 2.27. The van der Waals surface area contributed by atoms with Gasteiger partial charge in [-0.2, -0.15) is 13.2 Å². The highest BCUT2D eigenvalue weighted by atomic mass is 79.9. The second kappa shape index (κ2) is 4.95. The molecule has 0 aromatic rings. The average Bonchev–Trinajstić information content (AvgIpc) is 1.85. The second-order valence-corrected chi connectivity index (χ2v) is 2.59. The van der Waals surface area contributed by atoms with E-state index in [1.54, 1.807) is 0 Å². The van der Waals surface area contributed by atoms with Gasteiger partial charge in [0.15, 0.2) is 0 Å². The van der Waals surface area contributed by atoms with Crippen LogP contribution in [0.2, 0.25) is 0 Å². The van der Waals surface area contributed by atoms with Crippen LogP contribution in [-0.4, -0.2) is 35.9 Å². The Morgan fingerprint density at radius 1 is 1.45 bits per heavy atom. The quantitative estimate of drug-likeness (QED) is 0.747. The van der Waals surface area contributed by atoms with Crippen molar-refractivity contribution >= 4 is 15.9 Å². The van der Waals surface area contributed by atoms with Gasteiger partial charge in [-0.15, -0.1) is 0 Å². The van der Waals surface area contributed by atoms with Crippen molar-refractivity contribution in [2.45, 2.75) is 12.3 Å². The fraction of sp³-hybridized carbons (Fsp3) is 1.00. The van der Waals surface area contributed by atoms with Crippen molar-refractivity contribution in [1.82, 2.24) is 0 Å². The van der Waals surface area contributed by atoms with Crippen LogP contribution in [0.3, 0.4) is 0 Å². The standard InChI is InChI=1S/C5H8BrF3O2/c6-1-4(10)2-11-3-5(7,8)9/h4,10H,1-3H2. The van der Waals surface area contributed by atoms with Crippen LogP contribution in [0.5, 0.6) is 0 Å². The topological polar surface area (TPSA) is 29.5 Å². The van der Waals surface area contributed by atoms with E-state index in [1.165, 1.54) is 0 Å². The van der Waals surface area contributed by atoms with E-state index in [0.717, 1.165) is 0 Å². The van der Waals surface area contributed by atoms with Gasteiger partial charge in [0.2, 0.25) is 0 Å². The first kappa shape index (κ1) is 11.2. The van der Waals surface area contributed by atoms with Gasteiger partial charge in [-0.1, -0.05) is 15.9 Å². The summed E-state index contributed by atoms with van der Waals surface area (Å²) in [5.74, 6) is 0. The summed E-state index contributed by atoms with van der Waals surface area (Å²) in [4.78, 5) is 0. The molecule has 1 unspecified atom stereocenters. The van der Waals surface area contributed by atoms with Crippen molar-refractivity contribution in [3.63, 3.8) is 0 Å². The zero-order chi connectivity index (χ0) is 8.91. The summed E-state index contributed by atoms with van der Waals surface area (Å²) in [7, 11) is 0. The summed E-state index contributed by atoms with van der Waals surface area (Å²) in [5.41, 5.74) is 0. The molecule has 0 saturated heterocycles. The van der Waals surface area contributed by atoms with E-state index in [1.807, 2.05) is 0 Å². The molecule has 6 heteroatoms. The third-order valence-corrected chi connectivity index (χ3v) is 1.50. The van der Waals surface area contributed by atoms with E-state index in [-0.39, 0.29) is 11.9 Å². The first-order chi connectivity index (χ1) is 4.95. The summed E-state index contributed by atoms with van der Waals surface area (Å²) < 4.78 is 38.3. The summed E-state index contributed by atoms with van der Waals surface area (Å²) in [6.45, 7) is -1.61. The largest absolute Gasteiger partial charge is 0.411 e. The van der Waals surface area contributed by atoms with Gasteiger partial charge in [0, 0.05) is 5.33 Å². The van der Waals surface area contributed by atoms with Crippen LogP contribution in [-0.2, 0) is 4.74 Å². The molecule has 0 radical (unpaired) electrons. The zero-order valence-electron chi connectivity index (χ0n) is 5.57. The first-order valence-electron chi connectivity index (χ1n) is 2.84. The van der Waals surface area contributed by atoms with Crippen LogP contribution in [0.4, 0.5) is 13.2 Å². The molecule has 0 aliphatic carbocycles. The summed E-state index contributed by atoms with van der Waals surface area (Å²) in [6.07, 6.45) is -5.19. The van der Waals surface area contributed by atoms with Crippen LogP contribution < -0.4 is 0 Å². The molecule has 0 saturated carbocycles. The van der Waals surface area contributed by atoms with E-state index in [4.69, 9.17) is 5.11 Å². The normalized spacial score (nSPS) is 15.0. The van der Waals surface area contributed by atoms with Gasteiger partial charge in [-0.05, 0) is 0 Å². The third kappa shape index (κ3) is 8.09. The molecule has 68 valence electrons. The lowest BCUT2D eigenvalue weighted by atomic mass is 10.4. The van der Waals surface area contributed by atoms with Gasteiger partial charge in [0.25, 0.3) is 0 Å². The average molecular weight is 237 g/mol. The van der Waals surface area contributed by atoms with E-state index in [2.05, 4.69) is 20.7 Å². The van der Waals surface area contributed by atoms with Crippen molar-refractivity contribution in [1.29, 1.82) is 0 Å². The maximum absolute atomic E-state index is 11.4. The first-order valence-corrected chi connectivity index (χ1v) is 3.96. The molecule has 0 fully saturated rings. The highest BCUT2D eigenvalue weighted by Crippen LogP contribution is 2.14. The number of ether oxygens (including phenoxy) is 1. The number of hydrogen-bond acceptors (Lipinski definition) is 2. The number of halogens is 4. The van der Waals surface area contributed by atoms with Gasteiger partial charge >= 0.3 is 6.18 Å². The van der Waals surface area contributed by atoms with Crippen molar-refractivity contribution in [3.05, 3.63) is 0 Å². The Kier molecular flexibility index (Phi) is 5.03. The number of hydrogen-bond donors (Lipinski definition) is 1. The maximum atomic E-state index is 11.4. The maximum Gasteiger partial charge on any atom is 0.411 e. The van der Waals surface area contributed by atoms with Crippen molar-refractivity contribution < 1.29 is 23.0 Å². The van der Waals surface area contributed by atoms with Gasteiger partial charge in [-0.25, -0.2) is 0 Å². The Balaban J connectivity index is 3.28. The van der Waals surface area contributed by atoms with E-state index >= 15 is 0 Å². The van der Waals surface area contributed by atoms with E-state index < -0.39 is 18.9 Å². The molecular formula is C5H8BrF3O2. The lowest BCUT2D eigenvalue weighted by Gasteiger charge is -2.09. The fourth-order valence-corrected chi connectivity index (χ4v) is 0.542. The van der Waals surface area contributed by atoms with E-state index in [0.29, 0.717) is 0 Å². The smallest absolute Gasteiger partial charge is 0.390 e. The summed E-state index contributed by atoms with van der Waals surface area (Å²) in [5, 5.41) is 8.93. The van der Waals surface area contributed by atoms with Crippen LogP contribution in [0, 0.1) is 0 Å². The Labute approximate surface area is 70.5 Å². The van der Waals surface area contributed by atoms with Crippen LogP contribution >= 0.6 is 15.9 Å². The number of alkyl halides is 4. The molecule has 0 aromatic heterocycles. The molecule has 0 aliphatic heterocycles. The third-order valence-electron chi connectivity index (χ3n) is 0.754. The highest BCUT2D eigenvalue weighted by molar-refractivity contribution is 9.09. The van der Waals surface area contributed by atoms with Crippen LogP contribution in [0.15, 0.2) is 0 Å². The molecule has 0 heterocycles. The Bertz CT molecular complexity index is 106. The van der Waals surface area contributed by atoms with Crippen LogP contribution in [0.1, 0.15) is 0 Å². The molecule has 2 nitrogen and oxygen atoms in total. The predicted octanol–water partition coefficient (Wildman–Crippen LogP) is 1.32. The minimum atomic E-state index is -4.31. The van der Waals surface area contributed by atoms with Gasteiger partial charge in [0.05, 0.1) is 12.7 Å². The van der Waals surface area contributed by atoms with E-state index in [9.17, 15) is 13.2 Å². The molecule has 0 aromatic carbocycles. The minimum Gasteiger partial charge on any atom is -0.390 e. The fourth-order valence-electron chi connectivity index (χ4n) is 0.355. The molecule has 0 aliphatic rings. The molecule has 0 rings (SSSR count). The summed E-state index contributed by atoms with van der Waals surface area (Å²) in [6, 6.07) is 0. The Hall–Kier alpha value is 0.190. The minimum absolute atomic E-state index is 0.213. The lowest BCUT2D eigenvalue weighted by Crippen LogP contribution is -2.23. The zero-order valence-corrected chi connectivity index (χ0v) is 7.15. The van der Waals surface area contributed by atoms with Gasteiger partial charge in [0.1, 0.15) is 6.61 Å². The Morgan fingerprint density at radius 2 is 2.00 bits per heavy atom. The predicted molar refractivity (Wildman–Crippen MR) is 36.7 cm³/mol. The van der Waals surface area contributed by atoms with Gasteiger partial charge < -0.3 is 9.84 Å².